The molecule has 0 radical (unpaired) electrons. The molecule has 22 heavy (non-hydrogen) atoms. The molecule has 2 saturated heterocycles. The SMILES string of the molecule is CC(C)(C)c1cn(CCN2CCCC2)c(C2CCNCC2)n1. The summed E-state index contributed by atoms with van der Waals surface area (Å²) in [4.78, 5) is 7.67. The van der Waals surface area contributed by atoms with Crippen molar-refractivity contribution >= 4 is 0 Å². The smallest absolute Gasteiger partial charge is 0.112 e. The fourth-order valence-corrected chi connectivity index (χ4v) is 3.63. The summed E-state index contributed by atoms with van der Waals surface area (Å²) in [5, 5.41) is 3.47. The van der Waals surface area contributed by atoms with Gasteiger partial charge in [0.15, 0.2) is 0 Å². The first-order valence-corrected chi connectivity index (χ1v) is 9.04. The van der Waals surface area contributed by atoms with Gasteiger partial charge in [0.2, 0.25) is 0 Å². The molecule has 0 amide bonds. The van der Waals surface area contributed by atoms with Crippen molar-refractivity contribution in [1.29, 1.82) is 0 Å². The molecule has 124 valence electrons. The van der Waals surface area contributed by atoms with Gasteiger partial charge < -0.3 is 14.8 Å². The third-order valence-electron chi connectivity index (χ3n) is 5.14. The van der Waals surface area contributed by atoms with E-state index in [0.29, 0.717) is 5.92 Å². The molecular formula is C18H32N4. The Morgan fingerprint density at radius 1 is 1.14 bits per heavy atom. The van der Waals surface area contributed by atoms with Gasteiger partial charge in [-0.25, -0.2) is 4.98 Å². The minimum atomic E-state index is 0.139. The van der Waals surface area contributed by atoms with Crippen molar-refractivity contribution in [1.82, 2.24) is 19.8 Å². The van der Waals surface area contributed by atoms with E-state index in [9.17, 15) is 0 Å². The number of piperidine rings is 1. The van der Waals surface area contributed by atoms with Crippen LogP contribution in [-0.4, -0.2) is 47.2 Å². The van der Waals surface area contributed by atoms with E-state index in [2.05, 4.69) is 41.8 Å². The van der Waals surface area contributed by atoms with Gasteiger partial charge in [0.25, 0.3) is 0 Å². The van der Waals surface area contributed by atoms with Gasteiger partial charge in [0.1, 0.15) is 5.82 Å². The number of imidazole rings is 1. The van der Waals surface area contributed by atoms with Crippen LogP contribution in [0.25, 0.3) is 0 Å². The number of nitrogens with one attached hydrogen (secondary N) is 1. The molecule has 1 N–H and O–H groups in total. The van der Waals surface area contributed by atoms with Crippen molar-refractivity contribution in [2.24, 2.45) is 0 Å². The molecule has 0 saturated carbocycles. The lowest BCUT2D eigenvalue weighted by Gasteiger charge is -2.24. The normalized spacial score (nSPS) is 21.6. The van der Waals surface area contributed by atoms with Crippen molar-refractivity contribution < 1.29 is 0 Å². The van der Waals surface area contributed by atoms with E-state index < -0.39 is 0 Å². The molecule has 4 heteroatoms. The van der Waals surface area contributed by atoms with Crippen LogP contribution in [0, 0.1) is 0 Å². The van der Waals surface area contributed by atoms with Gasteiger partial charge in [-0.05, 0) is 51.9 Å². The highest BCUT2D eigenvalue weighted by atomic mass is 15.2. The van der Waals surface area contributed by atoms with Crippen LogP contribution in [0.2, 0.25) is 0 Å². The van der Waals surface area contributed by atoms with Crippen LogP contribution in [0.15, 0.2) is 6.20 Å². The van der Waals surface area contributed by atoms with Crippen LogP contribution in [0.1, 0.15) is 63.9 Å². The van der Waals surface area contributed by atoms with E-state index >= 15 is 0 Å². The van der Waals surface area contributed by atoms with E-state index in [1.807, 2.05) is 0 Å². The maximum absolute atomic E-state index is 5.07. The van der Waals surface area contributed by atoms with Gasteiger partial charge >= 0.3 is 0 Å². The minimum Gasteiger partial charge on any atom is -0.333 e. The first-order chi connectivity index (χ1) is 10.5. The van der Waals surface area contributed by atoms with Crippen LogP contribution in [0.5, 0.6) is 0 Å². The second-order valence-electron chi connectivity index (χ2n) is 8.00. The van der Waals surface area contributed by atoms with Crippen molar-refractivity contribution in [3.05, 3.63) is 17.7 Å². The topological polar surface area (TPSA) is 33.1 Å². The number of nitrogens with zero attached hydrogens (tertiary/aromatic N) is 3. The Morgan fingerprint density at radius 2 is 1.82 bits per heavy atom. The highest BCUT2D eigenvalue weighted by Gasteiger charge is 2.25. The van der Waals surface area contributed by atoms with E-state index in [1.54, 1.807) is 0 Å². The fraction of sp³-hybridized carbons (Fsp3) is 0.833. The largest absolute Gasteiger partial charge is 0.333 e. The number of hydrogen-bond acceptors (Lipinski definition) is 3. The molecule has 3 rings (SSSR count). The molecular weight excluding hydrogens is 272 g/mol. The Morgan fingerprint density at radius 3 is 2.45 bits per heavy atom. The van der Waals surface area contributed by atoms with Crippen LogP contribution in [0.4, 0.5) is 0 Å². The van der Waals surface area contributed by atoms with Crippen molar-refractivity contribution in [2.45, 2.75) is 64.3 Å². The Bertz CT molecular complexity index is 474. The lowest BCUT2D eigenvalue weighted by Crippen LogP contribution is -2.29. The highest BCUT2D eigenvalue weighted by molar-refractivity contribution is 5.16. The van der Waals surface area contributed by atoms with Crippen molar-refractivity contribution in [3.63, 3.8) is 0 Å². The first-order valence-electron chi connectivity index (χ1n) is 9.04. The molecule has 4 nitrogen and oxygen atoms in total. The fourth-order valence-electron chi connectivity index (χ4n) is 3.63. The summed E-state index contributed by atoms with van der Waals surface area (Å²) >= 11 is 0. The number of rotatable bonds is 4. The molecule has 3 heterocycles. The molecule has 0 aromatic carbocycles. The van der Waals surface area contributed by atoms with Crippen molar-refractivity contribution in [2.75, 3.05) is 32.7 Å². The van der Waals surface area contributed by atoms with Gasteiger partial charge in [-0.3, -0.25) is 0 Å². The Balaban J connectivity index is 1.76. The number of hydrogen-bond donors (Lipinski definition) is 1. The van der Waals surface area contributed by atoms with Gasteiger partial charge in [0, 0.05) is 30.6 Å². The summed E-state index contributed by atoms with van der Waals surface area (Å²) in [6.45, 7) is 13.9. The van der Waals surface area contributed by atoms with E-state index in [-0.39, 0.29) is 5.41 Å². The van der Waals surface area contributed by atoms with Gasteiger partial charge in [0.05, 0.1) is 5.69 Å². The monoisotopic (exact) mass is 304 g/mol. The molecule has 0 atom stereocenters. The second kappa shape index (κ2) is 6.71. The number of likely N-dealkylation sites (tertiary alicyclic amines) is 1. The van der Waals surface area contributed by atoms with Crippen LogP contribution in [0.3, 0.4) is 0 Å². The molecule has 0 aliphatic carbocycles. The molecule has 1 aromatic rings. The molecule has 0 unspecified atom stereocenters. The zero-order valence-corrected chi connectivity index (χ0v) is 14.6. The van der Waals surface area contributed by atoms with Gasteiger partial charge in [-0.2, -0.15) is 0 Å². The average molecular weight is 304 g/mol. The zero-order chi connectivity index (χ0) is 15.6. The minimum absolute atomic E-state index is 0.139. The quantitative estimate of drug-likeness (QED) is 0.928. The predicted molar refractivity (Wildman–Crippen MR) is 91.4 cm³/mol. The molecule has 2 aliphatic rings. The summed E-state index contributed by atoms with van der Waals surface area (Å²) in [5.41, 5.74) is 1.39. The van der Waals surface area contributed by atoms with Crippen LogP contribution >= 0.6 is 0 Å². The standard InChI is InChI=1S/C18H32N4/c1-18(2,3)16-14-22(13-12-21-10-4-5-11-21)17(20-16)15-6-8-19-9-7-15/h14-15,19H,4-13H2,1-3H3. The van der Waals surface area contributed by atoms with Crippen LogP contribution < -0.4 is 5.32 Å². The zero-order valence-electron chi connectivity index (χ0n) is 14.6. The third kappa shape index (κ3) is 3.72. The highest BCUT2D eigenvalue weighted by Crippen LogP contribution is 2.29. The molecule has 0 bridgehead atoms. The predicted octanol–water partition coefficient (Wildman–Crippen LogP) is 2.74. The average Bonchev–Trinajstić information content (AvgIpc) is 3.15. The lowest BCUT2D eigenvalue weighted by atomic mass is 9.93. The summed E-state index contributed by atoms with van der Waals surface area (Å²) in [6.07, 6.45) is 7.53. The first kappa shape index (κ1) is 16.0. The summed E-state index contributed by atoms with van der Waals surface area (Å²) < 4.78 is 2.47. The van der Waals surface area contributed by atoms with Gasteiger partial charge in [-0.1, -0.05) is 20.8 Å². The van der Waals surface area contributed by atoms with Crippen LogP contribution in [-0.2, 0) is 12.0 Å². The van der Waals surface area contributed by atoms with E-state index in [1.165, 1.54) is 56.8 Å². The van der Waals surface area contributed by atoms with Crippen molar-refractivity contribution in [3.8, 4) is 0 Å². The lowest BCUT2D eigenvalue weighted by molar-refractivity contribution is 0.316. The van der Waals surface area contributed by atoms with E-state index in [0.717, 1.165) is 19.6 Å². The Kier molecular flexibility index (Phi) is 4.88. The molecule has 2 aliphatic heterocycles. The Labute approximate surface area is 135 Å². The maximum atomic E-state index is 5.07. The molecule has 0 spiro atoms. The van der Waals surface area contributed by atoms with E-state index in [4.69, 9.17) is 4.98 Å². The molecule has 1 aromatic heterocycles. The Hall–Kier alpha value is -0.870. The summed E-state index contributed by atoms with van der Waals surface area (Å²) in [7, 11) is 0. The summed E-state index contributed by atoms with van der Waals surface area (Å²) in [5.74, 6) is 1.97. The third-order valence-corrected chi connectivity index (χ3v) is 5.14. The number of aromatic nitrogens is 2. The van der Waals surface area contributed by atoms with Gasteiger partial charge in [-0.15, -0.1) is 0 Å². The maximum Gasteiger partial charge on any atom is 0.112 e. The molecule has 2 fully saturated rings. The summed E-state index contributed by atoms with van der Waals surface area (Å²) in [6, 6.07) is 0. The second-order valence-corrected chi connectivity index (χ2v) is 8.00.